The van der Waals surface area contributed by atoms with Crippen LogP contribution in [0.5, 0.6) is 0 Å². The van der Waals surface area contributed by atoms with E-state index in [1.54, 1.807) is 0 Å². The average Bonchev–Trinajstić information content (AvgIpc) is 2.16. The van der Waals surface area contributed by atoms with Crippen molar-refractivity contribution in [1.29, 1.82) is 0 Å². The van der Waals surface area contributed by atoms with E-state index in [-0.39, 0.29) is 13.3 Å². The first-order valence-corrected chi connectivity index (χ1v) is 5.53. The van der Waals surface area contributed by atoms with Crippen LogP contribution in [0.15, 0.2) is 0 Å². The number of hydrogen-bond acceptors (Lipinski definition) is 0. The van der Waals surface area contributed by atoms with Gasteiger partial charge in [-0.1, -0.05) is 38.3 Å². The third-order valence-corrected chi connectivity index (χ3v) is 2.27. The summed E-state index contributed by atoms with van der Waals surface area (Å²) in [6.45, 7) is -0.340. The van der Waals surface area contributed by atoms with Crippen molar-refractivity contribution in [3.05, 3.63) is 0 Å². The number of hydrogen-bond donors (Lipinski definition) is 0. The predicted molar refractivity (Wildman–Crippen MR) is 56.4 cm³/mol. The minimum atomic E-state index is -0.170. The molecule has 0 spiro atoms. The van der Waals surface area contributed by atoms with E-state index in [1.807, 2.05) is 0 Å². The third kappa shape index (κ3) is 11.9. The topological polar surface area (TPSA) is 0 Å². The fourth-order valence-corrected chi connectivity index (χ4v) is 1.43. The highest BCUT2D eigenvalue weighted by Gasteiger charge is 1.93. The molecule has 0 saturated carbocycles. The fraction of sp³-hybridized carbons (Fsp3) is 1.00. The van der Waals surface area contributed by atoms with Gasteiger partial charge in [0.05, 0.1) is 13.3 Å². The Morgan fingerprint density at radius 3 is 1.46 bits per heavy atom. The van der Waals surface area contributed by atoms with Crippen LogP contribution < -0.4 is 0 Å². The van der Waals surface area contributed by atoms with Gasteiger partial charge in [0, 0.05) is 0 Å². The molecule has 0 aromatic heterocycles. The molecule has 0 aromatic carbocycles. The van der Waals surface area contributed by atoms with E-state index in [9.17, 15) is 8.78 Å². The van der Waals surface area contributed by atoms with Gasteiger partial charge in [-0.25, -0.2) is 0 Å². The number of halogens is 2. The van der Waals surface area contributed by atoms with Crippen molar-refractivity contribution in [2.75, 3.05) is 13.3 Å². The van der Waals surface area contributed by atoms with Crippen molar-refractivity contribution < 1.29 is 8.78 Å². The van der Waals surface area contributed by atoms with Gasteiger partial charge >= 0.3 is 0 Å². The van der Waals surface area contributed by atoms with Crippen molar-refractivity contribution in [3.8, 4) is 0 Å². The highest BCUT2D eigenvalue weighted by atomic mass is 19.1. The van der Waals surface area contributed by atoms with Gasteiger partial charge in [0.1, 0.15) is 7.28 Å². The first-order chi connectivity index (χ1) is 6.41. The summed E-state index contributed by atoms with van der Waals surface area (Å²) in [6.07, 6.45) is 8.26. The second-order valence-corrected chi connectivity index (χ2v) is 3.56. The lowest BCUT2D eigenvalue weighted by molar-refractivity contribution is 0.459. The molecule has 0 atom stereocenters. The van der Waals surface area contributed by atoms with Gasteiger partial charge in [-0.05, 0) is 12.8 Å². The Balaban J connectivity index is 2.76. The van der Waals surface area contributed by atoms with Crippen molar-refractivity contribution in [3.63, 3.8) is 0 Å². The Kier molecular flexibility index (Phi) is 11.9. The zero-order valence-corrected chi connectivity index (χ0v) is 8.53. The molecule has 13 heavy (non-hydrogen) atoms. The summed E-state index contributed by atoms with van der Waals surface area (Å²) in [7, 11) is 1.23. The highest BCUT2D eigenvalue weighted by molar-refractivity contribution is 6.35. The van der Waals surface area contributed by atoms with Crippen LogP contribution in [-0.2, 0) is 0 Å². The molecule has 0 radical (unpaired) electrons. The van der Waals surface area contributed by atoms with Crippen LogP contribution in [0, 0.1) is 0 Å². The molecule has 0 aliphatic carbocycles. The SMILES string of the molecule is FCCCCCBCCCCCF. The monoisotopic (exact) mass is 190 g/mol. The van der Waals surface area contributed by atoms with Crippen molar-refractivity contribution in [2.45, 2.75) is 51.2 Å². The molecule has 0 fully saturated rings. The van der Waals surface area contributed by atoms with Gasteiger partial charge in [0.15, 0.2) is 0 Å². The van der Waals surface area contributed by atoms with Crippen LogP contribution >= 0.6 is 0 Å². The van der Waals surface area contributed by atoms with E-state index >= 15 is 0 Å². The maximum absolute atomic E-state index is 11.7. The van der Waals surface area contributed by atoms with Crippen LogP contribution in [0.3, 0.4) is 0 Å². The second-order valence-electron chi connectivity index (χ2n) is 3.56. The second kappa shape index (κ2) is 11.9. The van der Waals surface area contributed by atoms with Crippen LogP contribution in [0.1, 0.15) is 38.5 Å². The quantitative estimate of drug-likeness (QED) is 0.365. The van der Waals surface area contributed by atoms with Crippen LogP contribution in [0.25, 0.3) is 0 Å². The zero-order valence-electron chi connectivity index (χ0n) is 8.53. The van der Waals surface area contributed by atoms with Crippen LogP contribution in [0.4, 0.5) is 8.78 Å². The Hall–Kier alpha value is -0.0751. The van der Waals surface area contributed by atoms with Gasteiger partial charge in [0.25, 0.3) is 0 Å². The molecule has 0 amide bonds. The average molecular weight is 190 g/mol. The lowest BCUT2D eigenvalue weighted by Gasteiger charge is -1.98. The Bertz CT molecular complexity index is 79.0. The van der Waals surface area contributed by atoms with Crippen LogP contribution in [-0.4, -0.2) is 20.6 Å². The highest BCUT2D eigenvalue weighted by Crippen LogP contribution is 2.05. The molecular formula is C10H21BF2. The third-order valence-electron chi connectivity index (χ3n) is 2.27. The minimum absolute atomic E-state index is 0.170. The molecule has 0 nitrogen and oxygen atoms in total. The van der Waals surface area contributed by atoms with Crippen molar-refractivity contribution in [1.82, 2.24) is 0 Å². The summed E-state index contributed by atoms with van der Waals surface area (Å²) >= 11 is 0. The fourth-order valence-electron chi connectivity index (χ4n) is 1.43. The molecular weight excluding hydrogens is 169 g/mol. The van der Waals surface area contributed by atoms with Crippen molar-refractivity contribution in [2.24, 2.45) is 0 Å². The molecule has 0 N–H and O–H groups in total. The van der Waals surface area contributed by atoms with E-state index in [4.69, 9.17) is 0 Å². The molecule has 3 heteroatoms. The summed E-state index contributed by atoms with van der Waals surface area (Å²) in [5.74, 6) is 0. The number of alkyl halides is 2. The Morgan fingerprint density at radius 2 is 1.08 bits per heavy atom. The summed E-state index contributed by atoms with van der Waals surface area (Å²) in [5.41, 5.74) is 0. The largest absolute Gasteiger partial charge is 0.251 e. The number of rotatable bonds is 10. The van der Waals surface area contributed by atoms with Gasteiger partial charge in [-0.2, -0.15) is 0 Å². The van der Waals surface area contributed by atoms with E-state index in [2.05, 4.69) is 0 Å². The van der Waals surface area contributed by atoms with Crippen molar-refractivity contribution >= 4 is 7.28 Å². The normalized spacial score (nSPS) is 10.3. The Morgan fingerprint density at radius 1 is 0.615 bits per heavy atom. The van der Waals surface area contributed by atoms with Gasteiger partial charge in [-0.3, -0.25) is 8.78 Å². The zero-order chi connectivity index (χ0) is 9.78. The first kappa shape index (κ1) is 12.9. The lowest BCUT2D eigenvalue weighted by Crippen LogP contribution is -1.90. The summed E-state index contributed by atoms with van der Waals surface area (Å²) in [4.78, 5) is 0. The molecule has 0 aromatic rings. The standard InChI is InChI=1S/C10H21BF2/c12-9-5-1-3-7-11-8-4-2-6-10-13/h11H,1-10H2. The van der Waals surface area contributed by atoms with E-state index in [0.717, 1.165) is 38.5 Å². The maximum Gasteiger partial charge on any atom is 0.120 e. The van der Waals surface area contributed by atoms with Gasteiger partial charge in [0.2, 0.25) is 0 Å². The van der Waals surface area contributed by atoms with E-state index < -0.39 is 0 Å². The molecule has 0 unspecified atom stereocenters. The molecule has 0 aliphatic rings. The van der Waals surface area contributed by atoms with E-state index in [0.29, 0.717) is 0 Å². The summed E-state index contributed by atoms with van der Waals surface area (Å²) in [5, 5.41) is 0. The Labute approximate surface area is 81.3 Å². The molecule has 0 saturated heterocycles. The van der Waals surface area contributed by atoms with Crippen LogP contribution in [0.2, 0.25) is 12.6 Å². The van der Waals surface area contributed by atoms with Gasteiger partial charge in [-0.15, -0.1) is 0 Å². The summed E-state index contributed by atoms with van der Waals surface area (Å²) in [6, 6.07) is 0. The van der Waals surface area contributed by atoms with E-state index in [1.165, 1.54) is 19.9 Å². The molecule has 0 bridgehead atoms. The molecule has 0 heterocycles. The maximum atomic E-state index is 11.7. The molecule has 0 aliphatic heterocycles. The van der Waals surface area contributed by atoms with Gasteiger partial charge < -0.3 is 0 Å². The summed E-state index contributed by atoms with van der Waals surface area (Å²) < 4.78 is 23.3. The first-order valence-electron chi connectivity index (χ1n) is 5.53. The lowest BCUT2D eigenvalue weighted by atomic mass is 9.68. The predicted octanol–water partition coefficient (Wildman–Crippen LogP) is 3.54. The smallest absolute Gasteiger partial charge is 0.120 e. The molecule has 0 rings (SSSR count). The minimum Gasteiger partial charge on any atom is -0.251 e. The number of unbranched alkanes of at least 4 members (excludes halogenated alkanes) is 4. The molecule has 78 valence electrons.